The van der Waals surface area contributed by atoms with Crippen LogP contribution in [0, 0.1) is 5.92 Å². The molecule has 0 saturated carbocycles. The summed E-state index contributed by atoms with van der Waals surface area (Å²) in [5.41, 5.74) is 2.09. The fourth-order valence-electron chi connectivity index (χ4n) is 3.03. The molecule has 6 nitrogen and oxygen atoms in total. The van der Waals surface area contributed by atoms with E-state index in [1.807, 2.05) is 55.6 Å². The zero-order valence-corrected chi connectivity index (χ0v) is 19.9. The third-order valence-corrected chi connectivity index (χ3v) is 5.00. The van der Waals surface area contributed by atoms with Crippen molar-refractivity contribution in [2.45, 2.75) is 52.2 Å². The molecule has 0 bridgehead atoms. The van der Waals surface area contributed by atoms with E-state index in [2.05, 4.69) is 55.2 Å². The van der Waals surface area contributed by atoms with Crippen molar-refractivity contribution in [2.75, 3.05) is 20.2 Å². The lowest BCUT2D eigenvalue weighted by Gasteiger charge is -2.27. The van der Waals surface area contributed by atoms with Gasteiger partial charge in [-0.3, -0.25) is 4.79 Å². The number of rotatable bonds is 10. The fourth-order valence-corrected chi connectivity index (χ4v) is 3.03. The number of carbonyl (C=O) groups is 2. The first-order valence-corrected chi connectivity index (χ1v) is 11.0. The standard InChI is InChI=1S/C17H28N2O.C9H10O3/c1-13(2)11-15(18-5)16(20)19-12-17(3,4)14-9-7-6-8-10-14;10-6-9(11)12-7-8-4-2-1-3-5-8/h6-10,13,15,18H,11-12H2,1-5H3,(H,19,20);1-5,10H,6-7H2. The van der Waals surface area contributed by atoms with E-state index in [9.17, 15) is 9.59 Å². The van der Waals surface area contributed by atoms with Crippen LogP contribution in [-0.2, 0) is 26.3 Å². The number of esters is 1. The van der Waals surface area contributed by atoms with E-state index >= 15 is 0 Å². The van der Waals surface area contributed by atoms with Gasteiger partial charge in [-0.1, -0.05) is 88.4 Å². The molecule has 1 atom stereocenters. The Hall–Kier alpha value is -2.70. The van der Waals surface area contributed by atoms with Crippen molar-refractivity contribution in [3.63, 3.8) is 0 Å². The second-order valence-corrected chi connectivity index (χ2v) is 8.74. The smallest absolute Gasteiger partial charge is 0.332 e. The molecule has 0 aliphatic heterocycles. The Morgan fingerprint density at radius 1 is 1.00 bits per heavy atom. The normalized spacial score (nSPS) is 11.8. The zero-order valence-electron chi connectivity index (χ0n) is 19.9. The largest absolute Gasteiger partial charge is 0.459 e. The number of aliphatic hydroxyl groups excluding tert-OH is 1. The highest BCUT2D eigenvalue weighted by Gasteiger charge is 2.24. The summed E-state index contributed by atoms with van der Waals surface area (Å²) in [6.45, 7) is 8.87. The first-order valence-electron chi connectivity index (χ1n) is 11.0. The molecule has 0 aliphatic carbocycles. The first kappa shape index (κ1) is 27.3. The van der Waals surface area contributed by atoms with Crippen LogP contribution in [0.2, 0.25) is 0 Å². The van der Waals surface area contributed by atoms with Gasteiger partial charge in [0.25, 0.3) is 0 Å². The van der Waals surface area contributed by atoms with Gasteiger partial charge in [-0.05, 0) is 30.5 Å². The Bertz CT molecular complexity index is 792. The SMILES string of the molecule is CNC(CC(C)C)C(=O)NCC(C)(C)c1ccccc1.O=C(CO)OCc1ccccc1. The number of likely N-dealkylation sites (N-methyl/N-ethyl adjacent to an activating group) is 1. The van der Waals surface area contributed by atoms with Gasteiger partial charge in [0, 0.05) is 12.0 Å². The summed E-state index contributed by atoms with van der Waals surface area (Å²) in [4.78, 5) is 22.7. The highest BCUT2D eigenvalue weighted by molar-refractivity contribution is 5.81. The maximum atomic E-state index is 12.2. The van der Waals surface area contributed by atoms with Crippen molar-refractivity contribution in [3.05, 3.63) is 71.8 Å². The van der Waals surface area contributed by atoms with Crippen molar-refractivity contribution in [1.82, 2.24) is 10.6 Å². The van der Waals surface area contributed by atoms with Crippen LogP contribution in [0.4, 0.5) is 0 Å². The first-order chi connectivity index (χ1) is 15.2. The molecule has 0 fully saturated rings. The van der Waals surface area contributed by atoms with Crippen LogP contribution in [0.5, 0.6) is 0 Å². The Balaban J connectivity index is 0.000000363. The Morgan fingerprint density at radius 3 is 2.06 bits per heavy atom. The maximum Gasteiger partial charge on any atom is 0.332 e. The molecule has 2 aromatic carbocycles. The number of hydrogen-bond acceptors (Lipinski definition) is 5. The lowest BCUT2D eigenvalue weighted by Crippen LogP contribution is -2.47. The molecular formula is C26H38N2O4. The quantitative estimate of drug-likeness (QED) is 0.491. The van der Waals surface area contributed by atoms with E-state index in [1.54, 1.807) is 0 Å². The van der Waals surface area contributed by atoms with E-state index in [0.717, 1.165) is 12.0 Å². The molecule has 0 radical (unpaired) electrons. The summed E-state index contributed by atoms with van der Waals surface area (Å²) in [6, 6.07) is 19.5. The number of carbonyl (C=O) groups excluding carboxylic acids is 2. The molecule has 2 rings (SSSR count). The van der Waals surface area contributed by atoms with Crippen LogP contribution >= 0.6 is 0 Å². The molecule has 0 spiro atoms. The Kier molecular flexibility index (Phi) is 12.3. The molecule has 0 heterocycles. The second kappa shape index (κ2) is 14.4. The van der Waals surface area contributed by atoms with Gasteiger partial charge < -0.3 is 20.5 Å². The van der Waals surface area contributed by atoms with Crippen LogP contribution in [0.15, 0.2) is 60.7 Å². The van der Waals surface area contributed by atoms with Gasteiger partial charge in [-0.25, -0.2) is 4.79 Å². The van der Waals surface area contributed by atoms with Crippen molar-refractivity contribution in [3.8, 4) is 0 Å². The topological polar surface area (TPSA) is 87.7 Å². The lowest BCUT2D eigenvalue weighted by molar-refractivity contribution is -0.148. The van der Waals surface area contributed by atoms with Crippen LogP contribution < -0.4 is 10.6 Å². The van der Waals surface area contributed by atoms with Gasteiger partial charge in [0.15, 0.2) is 0 Å². The Morgan fingerprint density at radius 2 is 1.56 bits per heavy atom. The number of aliphatic hydroxyl groups is 1. The molecule has 32 heavy (non-hydrogen) atoms. The molecule has 0 aromatic heterocycles. The third kappa shape index (κ3) is 10.6. The molecular weight excluding hydrogens is 404 g/mol. The van der Waals surface area contributed by atoms with Crippen molar-refractivity contribution < 1.29 is 19.4 Å². The van der Waals surface area contributed by atoms with Gasteiger partial charge in [0.2, 0.25) is 5.91 Å². The van der Waals surface area contributed by atoms with Gasteiger partial charge in [-0.15, -0.1) is 0 Å². The number of amides is 1. The summed E-state index contributed by atoms with van der Waals surface area (Å²) < 4.78 is 4.69. The number of ether oxygens (including phenoxy) is 1. The van der Waals surface area contributed by atoms with E-state index < -0.39 is 12.6 Å². The molecule has 6 heteroatoms. The molecule has 2 aromatic rings. The number of hydrogen-bond donors (Lipinski definition) is 3. The molecule has 176 valence electrons. The Labute approximate surface area is 192 Å². The minimum absolute atomic E-state index is 0.0625. The molecule has 0 saturated heterocycles. The van der Waals surface area contributed by atoms with E-state index in [0.29, 0.717) is 12.5 Å². The second-order valence-electron chi connectivity index (χ2n) is 8.74. The minimum Gasteiger partial charge on any atom is -0.459 e. The predicted octanol–water partition coefficient (Wildman–Crippen LogP) is 3.44. The fraction of sp³-hybridized carbons (Fsp3) is 0.462. The van der Waals surface area contributed by atoms with Crippen molar-refractivity contribution >= 4 is 11.9 Å². The van der Waals surface area contributed by atoms with Crippen LogP contribution in [-0.4, -0.2) is 43.2 Å². The van der Waals surface area contributed by atoms with E-state index in [1.165, 1.54) is 5.56 Å². The van der Waals surface area contributed by atoms with E-state index in [-0.39, 0.29) is 24.0 Å². The number of benzene rings is 2. The number of nitrogens with one attached hydrogen (secondary N) is 2. The third-order valence-electron chi connectivity index (χ3n) is 5.00. The van der Waals surface area contributed by atoms with Crippen molar-refractivity contribution in [2.24, 2.45) is 5.92 Å². The highest BCUT2D eigenvalue weighted by Crippen LogP contribution is 2.21. The molecule has 1 amide bonds. The van der Waals surface area contributed by atoms with Gasteiger partial charge >= 0.3 is 5.97 Å². The lowest BCUT2D eigenvalue weighted by atomic mass is 9.84. The average Bonchev–Trinajstić information content (AvgIpc) is 2.81. The summed E-state index contributed by atoms with van der Waals surface area (Å²) in [5.74, 6) is -0.00982. The predicted molar refractivity (Wildman–Crippen MR) is 128 cm³/mol. The summed E-state index contributed by atoms with van der Waals surface area (Å²) >= 11 is 0. The molecule has 1 unspecified atom stereocenters. The van der Waals surface area contributed by atoms with Crippen LogP contribution in [0.3, 0.4) is 0 Å². The van der Waals surface area contributed by atoms with E-state index in [4.69, 9.17) is 5.11 Å². The van der Waals surface area contributed by atoms with Gasteiger partial charge in [0.05, 0.1) is 6.04 Å². The van der Waals surface area contributed by atoms with Crippen LogP contribution in [0.25, 0.3) is 0 Å². The summed E-state index contributed by atoms with van der Waals surface area (Å²) in [6.07, 6.45) is 0.855. The monoisotopic (exact) mass is 442 g/mol. The summed E-state index contributed by atoms with van der Waals surface area (Å²) in [7, 11) is 1.84. The minimum atomic E-state index is -0.598. The maximum absolute atomic E-state index is 12.2. The van der Waals surface area contributed by atoms with Gasteiger partial charge in [0.1, 0.15) is 13.2 Å². The zero-order chi connectivity index (χ0) is 24.0. The van der Waals surface area contributed by atoms with Crippen molar-refractivity contribution in [1.29, 1.82) is 0 Å². The summed E-state index contributed by atoms with van der Waals surface area (Å²) in [5, 5.41) is 14.5. The van der Waals surface area contributed by atoms with Gasteiger partial charge in [-0.2, -0.15) is 0 Å². The van der Waals surface area contributed by atoms with Crippen LogP contribution in [0.1, 0.15) is 45.2 Å². The average molecular weight is 443 g/mol. The molecule has 3 N–H and O–H groups in total. The molecule has 0 aliphatic rings. The highest BCUT2D eigenvalue weighted by atomic mass is 16.5.